The molecule has 1 N–H and O–H groups in total. The van der Waals surface area contributed by atoms with Gasteiger partial charge in [-0.2, -0.15) is 5.26 Å². The lowest BCUT2D eigenvalue weighted by molar-refractivity contribution is 0.0697. The van der Waals surface area contributed by atoms with Crippen molar-refractivity contribution in [2.24, 2.45) is 5.41 Å². The van der Waals surface area contributed by atoms with Crippen molar-refractivity contribution in [3.63, 3.8) is 0 Å². The summed E-state index contributed by atoms with van der Waals surface area (Å²) in [5.74, 6) is -2.45. The van der Waals surface area contributed by atoms with Gasteiger partial charge in [-0.25, -0.2) is 27.9 Å². The topological polar surface area (TPSA) is 110 Å². The van der Waals surface area contributed by atoms with Gasteiger partial charge in [-0.05, 0) is 66.9 Å². The van der Waals surface area contributed by atoms with Gasteiger partial charge in [0.2, 0.25) is 5.88 Å². The number of halogens is 3. The molecule has 2 aromatic heterocycles. The number of benzene rings is 3. The number of fused-ring (bicyclic) bond motifs is 1. The number of nitriles is 1. The first-order valence-corrected chi connectivity index (χ1v) is 14.3. The third-order valence-electron chi connectivity index (χ3n) is 8.63. The molecule has 5 aromatic rings. The predicted molar refractivity (Wildman–Crippen MR) is 156 cm³/mol. The van der Waals surface area contributed by atoms with Crippen LogP contribution < -0.4 is 4.74 Å². The summed E-state index contributed by atoms with van der Waals surface area (Å²) in [6.07, 6.45) is 1.90. The van der Waals surface area contributed by atoms with Crippen LogP contribution in [0.3, 0.4) is 0 Å². The van der Waals surface area contributed by atoms with E-state index >= 15 is 8.78 Å². The molecular formula is C34H25F3N4O4. The minimum absolute atomic E-state index is 0.0283. The molecule has 3 aromatic carbocycles. The highest BCUT2D eigenvalue weighted by Crippen LogP contribution is 2.58. The lowest BCUT2D eigenvalue weighted by atomic mass is 9.99. The Morgan fingerprint density at radius 2 is 1.84 bits per heavy atom. The lowest BCUT2D eigenvalue weighted by Gasteiger charge is -2.22. The van der Waals surface area contributed by atoms with Crippen LogP contribution in [0.1, 0.15) is 51.8 Å². The summed E-state index contributed by atoms with van der Waals surface area (Å²) < 4.78 is 58.9. The highest BCUT2D eigenvalue weighted by molar-refractivity contribution is 5.92. The summed E-state index contributed by atoms with van der Waals surface area (Å²) in [5, 5.41) is 18.5. The van der Waals surface area contributed by atoms with Crippen LogP contribution in [0.25, 0.3) is 22.3 Å². The largest absolute Gasteiger partial charge is 0.478 e. The van der Waals surface area contributed by atoms with Crippen LogP contribution in [-0.4, -0.2) is 38.8 Å². The van der Waals surface area contributed by atoms with Crippen LogP contribution in [0.4, 0.5) is 13.2 Å². The first-order valence-electron chi connectivity index (χ1n) is 14.3. The number of hydrogen-bond acceptors (Lipinski definition) is 6. The van der Waals surface area contributed by atoms with E-state index in [9.17, 15) is 14.3 Å². The number of carboxylic acid groups (broad SMARTS) is 1. The fourth-order valence-corrected chi connectivity index (χ4v) is 6.00. The number of hydrogen-bond donors (Lipinski definition) is 1. The molecule has 0 radical (unpaired) electrons. The van der Waals surface area contributed by atoms with Gasteiger partial charge in [0.05, 0.1) is 53.2 Å². The number of aromatic nitrogens is 3. The second kappa shape index (κ2) is 11.1. The molecule has 1 aliphatic carbocycles. The second-order valence-electron chi connectivity index (χ2n) is 11.5. The smallest absolute Gasteiger partial charge is 0.335 e. The Kier molecular flexibility index (Phi) is 7.01. The van der Waals surface area contributed by atoms with Gasteiger partial charge in [-0.3, -0.25) is 0 Å². The molecule has 11 heteroatoms. The van der Waals surface area contributed by atoms with Gasteiger partial charge in [0.15, 0.2) is 0 Å². The van der Waals surface area contributed by atoms with Gasteiger partial charge in [0.1, 0.15) is 29.9 Å². The summed E-state index contributed by atoms with van der Waals surface area (Å²) >= 11 is 0. The van der Waals surface area contributed by atoms with Crippen LogP contribution in [0.2, 0.25) is 0 Å². The normalized spacial score (nSPS) is 16.6. The van der Waals surface area contributed by atoms with E-state index in [0.29, 0.717) is 30.1 Å². The third kappa shape index (κ3) is 5.27. The van der Waals surface area contributed by atoms with Crippen molar-refractivity contribution < 1.29 is 32.5 Å². The standard InChI is InChI=1S/C34H25F3N4O4/c35-24-10-19(15-38)4-5-21(24)16-45-32-3-1-2-27(40-32)23-14-25(36)22(11-26(23)37)13-31-39-28-7-6-20(33(42)43)12-29(28)41(31)30-17-44-18-34(30)8-9-34/h1-7,10-12,14,30H,8-9,13,16-18H2,(H,42,43). The van der Waals surface area contributed by atoms with Gasteiger partial charge < -0.3 is 19.1 Å². The van der Waals surface area contributed by atoms with E-state index in [2.05, 4.69) is 4.98 Å². The summed E-state index contributed by atoms with van der Waals surface area (Å²) in [7, 11) is 0. The van der Waals surface area contributed by atoms with Gasteiger partial charge >= 0.3 is 5.97 Å². The first kappa shape index (κ1) is 28.6. The zero-order valence-corrected chi connectivity index (χ0v) is 23.8. The molecule has 1 atom stereocenters. The molecule has 1 aliphatic heterocycles. The first-order chi connectivity index (χ1) is 21.7. The van der Waals surface area contributed by atoms with Crippen molar-refractivity contribution >= 4 is 17.0 Å². The summed E-state index contributed by atoms with van der Waals surface area (Å²) in [4.78, 5) is 20.7. The third-order valence-corrected chi connectivity index (χ3v) is 8.63. The van der Waals surface area contributed by atoms with Crippen molar-refractivity contribution in [3.05, 3.63) is 112 Å². The van der Waals surface area contributed by atoms with Crippen LogP contribution in [0.5, 0.6) is 5.88 Å². The maximum absolute atomic E-state index is 15.6. The molecular weight excluding hydrogens is 585 g/mol. The van der Waals surface area contributed by atoms with Gasteiger partial charge in [-0.1, -0.05) is 12.1 Å². The Balaban J connectivity index is 1.18. The SMILES string of the molecule is N#Cc1ccc(COc2cccc(-c3cc(F)c(Cc4nc5ccc(C(=O)O)cc5n4C4COCC45CC5)cc3F)n2)c(F)c1. The molecule has 0 amide bonds. The average Bonchev–Trinajstić information content (AvgIpc) is 3.57. The van der Waals surface area contributed by atoms with Crippen LogP contribution in [0, 0.1) is 34.2 Å². The Labute approximate surface area is 255 Å². The molecule has 1 saturated heterocycles. The van der Waals surface area contributed by atoms with E-state index in [1.165, 1.54) is 30.3 Å². The fraction of sp³-hybridized carbons (Fsp3) is 0.235. The molecule has 1 saturated carbocycles. The molecule has 226 valence electrons. The Bertz CT molecular complexity index is 2030. The number of aromatic carboxylic acids is 1. The number of carbonyl (C=O) groups is 1. The minimum atomic E-state index is -1.07. The number of carboxylic acids is 1. The minimum Gasteiger partial charge on any atom is -0.478 e. The van der Waals surface area contributed by atoms with Gasteiger partial charge in [-0.15, -0.1) is 0 Å². The van der Waals surface area contributed by atoms with Crippen LogP contribution in [-0.2, 0) is 17.8 Å². The van der Waals surface area contributed by atoms with E-state index < -0.39 is 23.4 Å². The molecule has 8 nitrogen and oxygen atoms in total. The molecule has 0 bridgehead atoms. The zero-order valence-electron chi connectivity index (χ0n) is 23.8. The van der Waals surface area contributed by atoms with E-state index in [1.807, 2.05) is 10.6 Å². The maximum atomic E-state index is 15.6. The van der Waals surface area contributed by atoms with Crippen molar-refractivity contribution in [2.45, 2.75) is 31.9 Å². The zero-order chi connectivity index (χ0) is 31.3. The quantitative estimate of drug-likeness (QED) is 0.211. The number of ether oxygens (including phenoxy) is 2. The fourth-order valence-electron chi connectivity index (χ4n) is 6.00. The highest BCUT2D eigenvalue weighted by Gasteiger charge is 2.55. The van der Waals surface area contributed by atoms with E-state index in [0.717, 1.165) is 31.0 Å². The molecule has 2 fully saturated rings. The number of pyridine rings is 1. The summed E-state index contributed by atoms with van der Waals surface area (Å²) in [6.45, 7) is 0.838. The number of imidazole rings is 1. The second-order valence-corrected chi connectivity index (χ2v) is 11.5. The molecule has 2 aliphatic rings. The Hall–Kier alpha value is -5.21. The van der Waals surface area contributed by atoms with E-state index in [4.69, 9.17) is 19.7 Å². The van der Waals surface area contributed by atoms with Crippen molar-refractivity contribution in [1.82, 2.24) is 14.5 Å². The Morgan fingerprint density at radius 1 is 1.02 bits per heavy atom. The number of nitrogens with zero attached hydrogens (tertiary/aromatic N) is 4. The van der Waals surface area contributed by atoms with Gasteiger partial charge in [0.25, 0.3) is 0 Å². The molecule has 3 heterocycles. The predicted octanol–water partition coefficient (Wildman–Crippen LogP) is 6.61. The van der Waals surface area contributed by atoms with Crippen LogP contribution in [0.15, 0.2) is 66.7 Å². The molecule has 7 rings (SSSR count). The van der Waals surface area contributed by atoms with E-state index in [1.54, 1.807) is 18.2 Å². The monoisotopic (exact) mass is 610 g/mol. The number of rotatable bonds is 8. The van der Waals surface area contributed by atoms with Crippen molar-refractivity contribution in [1.29, 1.82) is 5.26 Å². The lowest BCUT2D eigenvalue weighted by Crippen LogP contribution is -2.21. The maximum Gasteiger partial charge on any atom is 0.335 e. The summed E-state index contributed by atoms with van der Waals surface area (Å²) in [6, 6.07) is 17.3. The summed E-state index contributed by atoms with van der Waals surface area (Å²) in [5.41, 5.74) is 1.75. The average molecular weight is 611 g/mol. The Morgan fingerprint density at radius 3 is 2.60 bits per heavy atom. The van der Waals surface area contributed by atoms with E-state index in [-0.39, 0.29) is 63.9 Å². The van der Waals surface area contributed by atoms with Crippen LogP contribution >= 0.6 is 0 Å². The molecule has 1 spiro atoms. The van der Waals surface area contributed by atoms with Gasteiger partial charge in [0, 0.05) is 29.0 Å². The van der Waals surface area contributed by atoms with Crippen molar-refractivity contribution in [2.75, 3.05) is 13.2 Å². The highest BCUT2D eigenvalue weighted by atomic mass is 19.1. The molecule has 45 heavy (non-hydrogen) atoms. The van der Waals surface area contributed by atoms with Crippen molar-refractivity contribution in [3.8, 4) is 23.2 Å². The molecule has 1 unspecified atom stereocenters.